The fraction of sp³-hybridized carbons (Fsp3) is 0.462. The van der Waals surface area contributed by atoms with Crippen molar-refractivity contribution in [3.8, 4) is 11.5 Å². The first kappa shape index (κ1) is 12.7. The topological polar surface area (TPSA) is 78.8 Å². The van der Waals surface area contributed by atoms with Gasteiger partial charge in [-0.2, -0.15) is 0 Å². The zero-order valence-corrected chi connectivity index (χ0v) is 10.3. The Balaban J connectivity index is 2.04. The number of benzene rings is 1. The summed E-state index contributed by atoms with van der Waals surface area (Å²) in [6.07, 6.45) is 1.85. The molecule has 1 aromatic rings. The number of rotatable bonds is 5. The molecular weight excluding hydrogens is 234 g/mol. The molecule has 0 heterocycles. The van der Waals surface area contributed by atoms with Crippen LogP contribution < -0.4 is 10.1 Å². The smallest absolute Gasteiger partial charge is 0.255 e. The van der Waals surface area contributed by atoms with Gasteiger partial charge in [-0.15, -0.1) is 0 Å². The van der Waals surface area contributed by atoms with E-state index in [9.17, 15) is 9.90 Å². The van der Waals surface area contributed by atoms with Gasteiger partial charge in [0.1, 0.15) is 11.5 Å². The Morgan fingerprint density at radius 1 is 1.50 bits per heavy atom. The standard InChI is InChI=1S/C13H17NO4/c1-18-9-2-3-11(16)10(6-9)12(17)14-7-13(8-15)4-5-13/h2-3,6,15-16H,4-5,7-8H2,1H3,(H,14,17). The number of amides is 1. The number of hydrogen-bond donors (Lipinski definition) is 3. The molecule has 0 bridgehead atoms. The lowest BCUT2D eigenvalue weighted by Crippen LogP contribution is -2.31. The second-order valence-corrected chi connectivity index (χ2v) is 4.72. The molecule has 5 heteroatoms. The van der Waals surface area contributed by atoms with Gasteiger partial charge in [-0.25, -0.2) is 0 Å². The van der Waals surface area contributed by atoms with Crippen molar-refractivity contribution in [1.82, 2.24) is 5.32 Å². The molecule has 2 rings (SSSR count). The van der Waals surface area contributed by atoms with E-state index < -0.39 is 0 Å². The van der Waals surface area contributed by atoms with Gasteiger partial charge in [0, 0.05) is 12.0 Å². The van der Waals surface area contributed by atoms with Gasteiger partial charge in [0.15, 0.2) is 0 Å². The van der Waals surface area contributed by atoms with E-state index in [0.29, 0.717) is 12.3 Å². The van der Waals surface area contributed by atoms with E-state index in [-0.39, 0.29) is 29.2 Å². The number of methoxy groups -OCH3 is 1. The molecule has 1 aliphatic rings. The Bertz CT molecular complexity index is 454. The van der Waals surface area contributed by atoms with Crippen LogP contribution in [-0.2, 0) is 0 Å². The average Bonchev–Trinajstić information content (AvgIpc) is 3.17. The van der Waals surface area contributed by atoms with Gasteiger partial charge in [-0.1, -0.05) is 0 Å². The third-order valence-electron chi connectivity index (χ3n) is 3.36. The molecule has 1 amide bonds. The minimum absolute atomic E-state index is 0.0807. The molecule has 0 aromatic heterocycles. The zero-order chi connectivity index (χ0) is 13.2. The van der Waals surface area contributed by atoms with Crippen molar-refractivity contribution in [2.45, 2.75) is 12.8 Å². The molecule has 0 aliphatic heterocycles. The number of ether oxygens (including phenoxy) is 1. The number of phenolic OH excluding ortho intramolecular Hbond substituents is 1. The number of aliphatic hydroxyl groups excluding tert-OH is 1. The Morgan fingerprint density at radius 2 is 2.22 bits per heavy atom. The summed E-state index contributed by atoms with van der Waals surface area (Å²) in [7, 11) is 1.50. The highest BCUT2D eigenvalue weighted by atomic mass is 16.5. The van der Waals surface area contributed by atoms with Crippen LogP contribution in [0.15, 0.2) is 18.2 Å². The third-order valence-corrected chi connectivity index (χ3v) is 3.36. The molecule has 5 nitrogen and oxygen atoms in total. The summed E-state index contributed by atoms with van der Waals surface area (Å²) in [5.74, 6) is 0.0783. The van der Waals surface area contributed by atoms with Crippen LogP contribution in [0.1, 0.15) is 23.2 Å². The predicted octanol–water partition coefficient (Wildman–Crippen LogP) is 0.903. The second kappa shape index (κ2) is 4.86. The molecule has 1 saturated carbocycles. The first-order valence-corrected chi connectivity index (χ1v) is 5.86. The first-order chi connectivity index (χ1) is 8.60. The molecule has 0 atom stereocenters. The number of aromatic hydroxyl groups is 1. The second-order valence-electron chi connectivity index (χ2n) is 4.72. The lowest BCUT2D eigenvalue weighted by atomic mass is 10.1. The molecule has 1 aliphatic carbocycles. The van der Waals surface area contributed by atoms with E-state index in [1.165, 1.54) is 19.2 Å². The quantitative estimate of drug-likeness (QED) is 0.726. The fourth-order valence-electron chi connectivity index (χ4n) is 1.75. The van der Waals surface area contributed by atoms with Gasteiger partial charge in [-0.05, 0) is 31.0 Å². The number of carbonyl (C=O) groups excluding carboxylic acids is 1. The van der Waals surface area contributed by atoms with E-state index in [1.807, 2.05) is 0 Å². The van der Waals surface area contributed by atoms with Gasteiger partial charge >= 0.3 is 0 Å². The predicted molar refractivity (Wildman–Crippen MR) is 65.7 cm³/mol. The minimum Gasteiger partial charge on any atom is -0.507 e. The first-order valence-electron chi connectivity index (χ1n) is 5.86. The maximum Gasteiger partial charge on any atom is 0.255 e. The minimum atomic E-state index is -0.355. The van der Waals surface area contributed by atoms with Crippen molar-refractivity contribution in [1.29, 1.82) is 0 Å². The van der Waals surface area contributed by atoms with Crippen LogP contribution in [0.4, 0.5) is 0 Å². The maximum atomic E-state index is 11.9. The van der Waals surface area contributed by atoms with E-state index in [2.05, 4.69) is 5.32 Å². The Labute approximate surface area is 105 Å². The molecule has 0 unspecified atom stereocenters. The summed E-state index contributed by atoms with van der Waals surface area (Å²) in [6.45, 7) is 0.510. The van der Waals surface area contributed by atoms with Gasteiger partial charge in [0.2, 0.25) is 0 Å². The van der Waals surface area contributed by atoms with Gasteiger partial charge in [0.05, 0.1) is 19.3 Å². The van der Waals surface area contributed by atoms with Gasteiger partial charge < -0.3 is 20.3 Å². The molecule has 0 saturated heterocycles. The molecule has 3 N–H and O–H groups in total. The number of phenols is 1. The normalized spacial score (nSPS) is 16.1. The van der Waals surface area contributed by atoms with Crippen LogP contribution in [0.3, 0.4) is 0 Å². The molecule has 18 heavy (non-hydrogen) atoms. The van der Waals surface area contributed by atoms with E-state index >= 15 is 0 Å². The number of aliphatic hydroxyl groups is 1. The van der Waals surface area contributed by atoms with Gasteiger partial charge in [0.25, 0.3) is 5.91 Å². The van der Waals surface area contributed by atoms with Crippen LogP contribution in [-0.4, -0.2) is 36.4 Å². The average molecular weight is 251 g/mol. The highest BCUT2D eigenvalue weighted by Crippen LogP contribution is 2.44. The molecule has 1 aromatic carbocycles. The van der Waals surface area contributed by atoms with Crippen LogP contribution in [0.2, 0.25) is 0 Å². The number of carbonyl (C=O) groups is 1. The largest absolute Gasteiger partial charge is 0.507 e. The summed E-state index contributed by atoms with van der Waals surface area (Å²) in [5, 5.41) is 21.5. The Kier molecular flexibility index (Phi) is 3.43. The van der Waals surface area contributed by atoms with Crippen molar-refractivity contribution >= 4 is 5.91 Å². The Hall–Kier alpha value is -1.75. The summed E-state index contributed by atoms with van der Waals surface area (Å²) in [5.41, 5.74) is 0.0348. The van der Waals surface area contributed by atoms with Crippen LogP contribution in [0.25, 0.3) is 0 Å². The molecule has 1 fully saturated rings. The number of hydrogen-bond acceptors (Lipinski definition) is 4. The zero-order valence-electron chi connectivity index (χ0n) is 10.3. The molecule has 98 valence electrons. The van der Waals surface area contributed by atoms with E-state index in [4.69, 9.17) is 9.84 Å². The van der Waals surface area contributed by atoms with Gasteiger partial charge in [-0.3, -0.25) is 4.79 Å². The lowest BCUT2D eigenvalue weighted by Gasteiger charge is -2.13. The summed E-state index contributed by atoms with van der Waals surface area (Å²) < 4.78 is 5.01. The Morgan fingerprint density at radius 3 is 2.78 bits per heavy atom. The SMILES string of the molecule is COc1ccc(O)c(C(=O)NCC2(CO)CC2)c1. The summed E-state index contributed by atoms with van der Waals surface area (Å²) in [6, 6.07) is 4.50. The highest BCUT2D eigenvalue weighted by molar-refractivity contribution is 5.97. The molecule has 0 radical (unpaired) electrons. The van der Waals surface area contributed by atoms with Crippen molar-refractivity contribution in [3.63, 3.8) is 0 Å². The molecule has 0 spiro atoms. The van der Waals surface area contributed by atoms with Crippen molar-refractivity contribution in [2.24, 2.45) is 5.41 Å². The van der Waals surface area contributed by atoms with Crippen LogP contribution >= 0.6 is 0 Å². The van der Waals surface area contributed by atoms with Crippen molar-refractivity contribution < 1.29 is 19.7 Å². The van der Waals surface area contributed by atoms with Crippen molar-refractivity contribution in [3.05, 3.63) is 23.8 Å². The molecular formula is C13H17NO4. The highest BCUT2D eigenvalue weighted by Gasteiger charge is 2.42. The van der Waals surface area contributed by atoms with Crippen LogP contribution in [0.5, 0.6) is 11.5 Å². The van der Waals surface area contributed by atoms with E-state index in [1.54, 1.807) is 6.07 Å². The lowest BCUT2D eigenvalue weighted by molar-refractivity contribution is 0.0932. The van der Waals surface area contributed by atoms with E-state index in [0.717, 1.165) is 12.8 Å². The summed E-state index contributed by atoms with van der Waals surface area (Å²) in [4.78, 5) is 11.9. The monoisotopic (exact) mass is 251 g/mol. The number of nitrogens with one attached hydrogen (secondary N) is 1. The van der Waals surface area contributed by atoms with Crippen LogP contribution in [0, 0.1) is 5.41 Å². The summed E-state index contributed by atoms with van der Waals surface area (Å²) >= 11 is 0. The third kappa shape index (κ3) is 2.56. The maximum absolute atomic E-state index is 11.9. The fourth-order valence-corrected chi connectivity index (χ4v) is 1.75. The van der Waals surface area contributed by atoms with Crippen molar-refractivity contribution in [2.75, 3.05) is 20.3 Å².